The summed E-state index contributed by atoms with van der Waals surface area (Å²) in [4.78, 5) is 1.01. The van der Waals surface area contributed by atoms with Crippen LogP contribution in [0.3, 0.4) is 0 Å². The van der Waals surface area contributed by atoms with E-state index in [0.717, 1.165) is 11.4 Å². The monoisotopic (exact) mass is 181 g/mol. The number of nitrogens with zero attached hydrogens (tertiary/aromatic N) is 1. The lowest BCUT2D eigenvalue weighted by Crippen LogP contribution is -2.11. The van der Waals surface area contributed by atoms with Crippen LogP contribution in [0, 0.1) is 0 Å². The third-order valence-corrected chi connectivity index (χ3v) is 3.54. The highest BCUT2D eigenvalue weighted by Gasteiger charge is 2.02. The van der Waals surface area contributed by atoms with Gasteiger partial charge in [0.25, 0.3) is 0 Å². The summed E-state index contributed by atoms with van der Waals surface area (Å²) in [5.41, 5.74) is 0. The van der Waals surface area contributed by atoms with Crippen molar-refractivity contribution in [2.45, 2.75) is 13.3 Å². The van der Waals surface area contributed by atoms with Gasteiger partial charge in [-0.2, -0.15) is 0 Å². The molecule has 0 amide bonds. The van der Waals surface area contributed by atoms with E-state index in [2.05, 4.69) is 6.92 Å². The summed E-state index contributed by atoms with van der Waals surface area (Å²) in [5.74, 6) is 0. The van der Waals surface area contributed by atoms with E-state index in [0.29, 0.717) is 0 Å². The van der Waals surface area contributed by atoms with Gasteiger partial charge < -0.3 is 0 Å². The molecule has 0 fully saturated rings. The van der Waals surface area contributed by atoms with Gasteiger partial charge in [-0.1, -0.05) is 19.1 Å². The Kier molecular flexibility index (Phi) is 5.73. The minimum absolute atomic E-state index is 0.955. The average Bonchev–Trinajstić information content (AvgIpc) is 1.90. The molecule has 1 nitrogen and oxygen atoms in total. The summed E-state index contributed by atoms with van der Waals surface area (Å²) in [6, 6.07) is 0. The summed E-state index contributed by atoms with van der Waals surface area (Å²) < 4.78 is 2.04. The van der Waals surface area contributed by atoms with Crippen molar-refractivity contribution in [3.8, 4) is 0 Å². The third kappa shape index (κ3) is 3.33. The lowest BCUT2D eigenvalue weighted by Gasteiger charge is -2.16. The molecule has 0 saturated carbocycles. The van der Waals surface area contributed by atoms with Gasteiger partial charge in [-0.25, -0.2) is 0 Å². The van der Waals surface area contributed by atoms with E-state index < -0.39 is 0 Å². The summed E-state index contributed by atoms with van der Waals surface area (Å²) >= 11 is 8.37. The normalized spacial score (nSPS) is 9.22. The topological polar surface area (TPSA) is 3.24 Å². The van der Waals surface area contributed by atoms with Crippen LogP contribution < -0.4 is 0 Å². The maximum Gasteiger partial charge on any atom is 0.0991 e. The molecule has 0 heterocycles. The van der Waals surface area contributed by atoms with Crippen LogP contribution >= 0.6 is 36.1 Å². The number of hydrogen-bond acceptors (Lipinski definition) is 3. The van der Waals surface area contributed by atoms with Crippen LogP contribution in [-0.4, -0.2) is 21.2 Å². The van der Waals surface area contributed by atoms with Gasteiger partial charge in [0.05, 0.1) is 4.99 Å². The van der Waals surface area contributed by atoms with Crippen molar-refractivity contribution >= 4 is 41.1 Å². The van der Waals surface area contributed by atoms with Crippen molar-refractivity contribution in [1.82, 2.24) is 3.71 Å². The van der Waals surface area contributed by atoms with Crippen LogP contribution in [0.1, 0.15) is 13.3 Å². The van der Waals surface area contributed by atoms with Gasteiger partial charge in [-0.3, -0.25) is 3.71 Å². The van der Waals surface area contributed by atoms with Crippen LogP contribution in [0.25, 0.3) is 0 Å². The second-order valence-electron chi connectivity index (χ2n) is 1.37. The fourth-order valence-corrected chi connectivity index (χ4v) is 2.12. The SMILES string of the molecule is CCC(=S)N(SC)SC. The molecule has 0 unspecified atom stereocenters. The van der Waals surface area contributed by atoms with Gasteiger partial charge in [-0.15, -0.1) is 0 Å². The van der Waals surface area contributed by atoms with Crippen LogP contribution in [-0.2, 0) is 0 Å². The van der Waals surface area contributed by atoms with Crippen molar-refractivity contribution in [3.05, 3.63) is 0 Å². The van der Waals surface area contributed by atoms with Crippen LogP contribution in [0.4, 0.5) is 0 Å². The molecule has 0 radical (unpaired) electrons. The molecule has 9 heavy (non-hydrogen) atoms. The standard InChI is InChI=1S/C5H11NS3/c1-4-5(7)6(8-2)9-3/h4H2,1-3H3. The van der Waals surface area contributed by atoms with Gasteiger partial charge in [0.1, 0.15) is 0 Å². The molecule has 0 aliphatic carbocycles. The quantitative estimate of drug-likeness (QED) is 0.486. The maximum absolute atomic E-state index is 5.06. The molecule has 0 rings (SSSR count). The van der Waals surface area contributed by atoms with Gasteiger partial charge >= 0.3 is 0 Å². The Morgan fingerprint density at radius 1 is 1.44 bits per heavy atom. The van der Waals surface area contributed by atoms with E-state index in [1.165, 1.54) is 0 Å². The predicted molar refractivity (Wildman–Crippen MR) is 51.8 cm³/mol. The number of hydrogen-bond donors (Lipinski definition) is 0. The Hall–Kier alpha value is 0.590. The first-order chi connectivity index (χ1) is 4.26. The van der Waals surface area contributed by atoms with E-state index in [9.17, 15) is 0 Å². The van der Waals surface area contributed by atoms with Crippen molar-refractivity contribution in [3.63, 3.8) is 0 Å². The summed E-state index contributed by atoms with van der Waals surface area (Å²) in [5, 5.41) is 0. The predicted octanol–water partition coefficient (Wildman–Crippen LogP) is 2.58. The summed E-state index contributed by atoms with van der Waals surface area (Å²) in [6.45, 7) is 2.07. The molecule has 0 aromatic heterocycles. The number of thiocarbonyl (C=S) groups is 1. The van der Waals surface area contributed by atoms with Crippen LogP contribution in [0.2, 0.25) is 0 Å². The molecule has 0 aliphatic rings. The first kappa shape index (κ1) is 9.59. The highest BCUT2D eigenvalue weighted by Crippen LogP contribution is 2.18. The Morgan fingerprint density at radius 2 is 1.89 bits per heavy atom. The minimum Gasteiger partial charge on any atom is -0.252 e. The van der Waals surface area contributed by atoms with Crippen molar-refractivity contribution in [1.29, 1.82) is 0 Å². The molecule has 0 atom stereocenters. The van der Waals surface area contributed by atoms with E-state index >= 15 is 0 Å². The molecule has 0 aromatic carbocycles. The van der Waals surface area contributed by atoms with Crippen molar-refractivity contribution in [2.24, 2.45) is 0 Å². The second kappa shape index (κ2) is 5.38. The summed E-state index contributed by atoms with van der Waals surface area (Å²) in [7, 11) is 0. The molecule has 0 aliphatic heterocycles. The lowest BCUT2D eigenvalue weighted by molar-refractivity contribution is 1.09. The van der Waals surface area contributed by atoms with E-state index in [-0.39, 0.29) is 0 Å². The smallest absolute Gasteiger partial charge is 0.0991 e. The van der Waals surface area contributed by atoms with E-state index in [1.807, 2.05) is 16.2 Å². The highest BCUT2D eigenvalue weighted by molar-refractivity contribution is 8.13. The first-order valence-electron chi connectivity index (χ1n) is 2.67. The molecule has 4 heteroatoms. The first-order valence-corrected chi connectivity index (χ1v) is 5.44. The fourth-order valence-electron chi connectivity index (χ4n) is 0.407. The lowest BCUT2D eigenvalue weighted by atomic mass is 10.5. The summed E-state index contributed by atoms with van der Waals surface area (Å²) in [6.07, 6.45) is 5.01. The molecule has 0 aromatic rings. The molecule has 0 bridgehead atoms. The Morgan fingerprint density at radius 3 is 2.00 bits per heavy atom. The molecule has 54 valence electrons. The zero-order valence-corrected chi connectivity index (χ0v) is 8.33. The van der Waals surface area contributed by atoms with Crippen molar-refractivity contribution in [2.75, 3.05) is 12.5 Å². The zero-order chi connectivity index (χ0) is 7.28. The van der Waals surface area contributed by atoms with Gasteiger partial charge in [0.2, 0.25) is 0 Å². The zero-order valence-electron chi connectivity index (χ0n) is 5.88. The Labute approximate surface area is 70.8 Å². The molecular formula is C5H11NS3. The number of rotatable bonds is 3. The van der Waals surface area contributed by atoms with E-state index in [4.69, 9.17) is 12.2 Å². The Bertz CT molecular complexity index is 90.2. The van der Waals surface area contributed by atoms with E-state index in [1.54, 1.807) is 23.9 Å². The third-order valence-electron chi connectivity index (χ3n) is 0.838. The van der Waals surface area contributed by atoms with Crippen LogP contribution in [0.15, 0.2) is 0 Å². The maximum atomic E-state index is 5.06. The van der Waals surface area contributed by atoms with Crippen LogP contribution in [0.5, 0.6) is 0 Å². The average molecular weight is 181 g/mol. The minimum atomic E-state index is 0.955. The van der Waals surface area contributed by atoms with Gasteiger partial charge in [0.15, 0.2) is 0 Å². The highest BCUT2D eigenvalue weighted by atomic mass is 32.2. The Balaban J connectivity index is 3.64. The molecule has 0 saturated heterocycles. The second-order valence-corrected chi connectivity index (χ2v) is 3.53. The fraction of sp³-hybridized carbons (Fsp3) is 0.800. The molecular weight excluding hydrogens is 170 g/mol. The van der Waals surface area contributed by atoms with Crippen molar-refractivity contribution < 1.29 is 0 Å². The van der Waals surface area contributed by atoms with Gasteiger partial charge in [-0.05, 0) is 30.3 Å². The van der Waals surface area contributed by atoms with Gasteiger partial charge in [0, 0.05) is 12.5 Å². The molecule has 0 N–H and O–H groups in total. The largest absolute Gasteiger partial charge is 0.252 e. The molecule has 0 spiro atoms.